The van der Waals surface area contributed by atoms with E-state index in [2.05, 4.69) is 0 Å². The van der Waals surface area contributed by atoms with Crippen LogP contribution in [0.1, 0.15) is 33.4 Å². The molecule has 0 saturated carbocycles. The van der Waals surface area contributed by atoms with E-state index in [-0.39, 0.29) is 67.9 Å². The van der Waals surface area contributed by atoms with E-state index in [1.165, 1.54) is 79.1 Å². The van der Waals surface area contributed by atoms with Crippen LogP contribution < -0.4 is 28.4 Å². The highest BCUT2D eigenvalue weighted by atomic mass is 32.2. The maximum Gasteiger partial charge on any atom is 0.158 e. The van der Waals surface area contributed by atoms with Crippen LogP contribution in [0.4, 0.5) is 0 Å². The summed E-state index contributed by atoms with van der Waals surface area (Å²) in [6.07, 6.45) is 0. The van der Waals surface area contributed by atoms with Gasteiger partial charge >= 0.3 is 0 Å². The molecular weight excluding hydrogens is 649 g/mol. The topological polar surface area (TPSA) is 158 Å². The van der Waals surface area contributed by atoms with Gasteiger partial charge in [0, 0.05) is 33.4 Å². The molecule has 15 heteroatoms. The molecule has 6 aliphatic rings. The van der Waals surface area contributed by atoms with E-state index >= 15 is 0 Å². The molecule has 6 heterocycles. The van der Waals surface area contributed by atoms with Gasteiger partial charge in [-0.05, 0) is 36.4 Å². The van der Waals surface area contributed by atoms with Crippen molar-refractivity contribution in [2.24, 2.45) is 0 Å². The van der Waals surface area contributed by atoms with Gasteiger partial charge in [0.25, 0.3) is 0 Å². The van der Waals surface area contributed by atoms with E-state index in [0.717, 1.165) is 0 Å². The lowest BCUT2D eigenvalue weighted by atomic mass is 10.1. The minimum absolute atomic E-state index is 0.171. The number of hydrogen-bond acceptors (Lipinski definition) is 12. The second-order valence-electron chi connectivity index (χ2n) is 10.5. The van der Waals surface area contributed by atoms with Crippen LogP contribution >= 0.6 is 0 Å². The van der Waals surface area contributed by atoms with Gasteiger partial charge in [-0.3, -0.25) is 0 Å². The molecule has 0 amide bonds. The molecule has 0 radical (unpaired) electrons. The van der Waals surface area contributed by atoms with Gasteiger partial charge in [0.05, 0.1) is 77.2 Å². The molecule has 0 spiro atoms. The first-order chi connectivity index (χ1) is 21.2. The zero-order valence-corrected chi connectivity index (χ0v) is 28.3. The molecule has 0 aliphatic carbocycles. The van der Waals surface area contributed by atoms with Crippen molar-refractivity contribution in [1.82, 2.24) is 0 Å². The summed E-state index contributed by atoms with van der Waals surface area (Å²) in [5, 5.41) is 0. The molecule has 0 saturated heterocycles. The van der Waals surface area contributed by atoms with Crippen molar-refractivity contribution in [3.8, 4) is 34.5 Å². The molecule has 3 aromatic carbocycles. The zero-order chi connectivity index (χ0) is 33.2. The quantitative estimate of drug-likeness (QED) is 0.373. The van der Waals surface area contributed by atoms with Crippen LogP contribution in [-0.2, 0) is 64.0 Å². The average molecular weight is 685 g/mol. The highest BCUT2D eigenvalue weighted by Crippen LogP contribution is 2.37. The lowest BCUT2D eigenvalue weighted by Gasteiger charge is -2.17. The van der Waals surface area contributed by atoms with Crippen molar-refractivity contribution < 1.29 is 53.7 Å². The lowest BCUT2D eigenvalue weighted by Crippen LogP contribution is -2.12. The highest BCUT2D eigenvalue weighted by Gasteiger charge is 2.27. The Balaban J connectivity index is 1.97. The summed E-state index contributed by atoms with van der Waals surface area (Å²) in [5.41, 5.74) is 1.57. The van der Waals surface area contributed by atoms with Crippen LogP contribution in [0.25, 0.3) is 0 Å². The molecule has 0 N–H and O–H groups in total. The Labute approximate surface area is 263 Å². The molecule has 6 bridgehead atoms. The molecule has 45 heavy (non-hydrogen) atoms. The number of hydrogen-bond donors (Lipinski definition) is 0. The zero-order valence-electron chi connectivity index (χ0n) is 25.8. The summed E-state index contributed by atoms with van der Waals surface area (Å²) in [7, 11) is -3.52. The number of sulfone groups is 3. The Morgan fingerprint density at radius 3 is 0.578 bits per heavy atom. The van der Waals surface area contributed by atoms with E-state index in [1.54, 1.807) is 0 Å². The average Bonchev–Trinajstić information content (AvgIpc) is 2.97. The summed E-state index contributed by atoms with van der Waals surface area (Å²) >= 11 is 0. The molecule has 0 atom stereocenters. The minimum Gasteiger partial charge on any atom is -0.496 e. The first-order valence-electron chi connectivity index (χ1n) is 13.5. The Morgan fingerprint density at radius 2 is 0.467 bits per heavy atom. The van der Waals surface area contributed by atoms with Crippen molar-refractivity contribution >= 4 is 29.5 Å². The molecule has 0 aromatic heterocycles. The van der Waals surface area contributed by atoms with E-state index in [4.69, 9.17) is 28.4 Å². The fourth-order valence-corrected chi connectivity index (χ4v) is 9.83. The Morgan fingerprint density at radius 1 is 0.333 bits per heavy atom. The lowest BCUT2D eigenvalue weighted by molar-refractivity contribution is 0.396. The van der Waals surface area contributed by atoms with Crippen LogP contribution in [-0.4, -0.2) is 67.9 Å². The summed E-state index contributed by atoms with van der Waals surface area (Å²) < 4.78 is 114. The maximum atomic E-state index is 13.5. The smallest absolute Gasteiger partial charge is 0.158 e. The van der Waals surface area contributed by atoms with Gasteiger partial charge in [-0.2, -0.15) is 0 Å². The number of benzene rings is 3. The predicted molar refractivity (Wildman–Crippen MR) is 168 cm³/mol. The van der Waals surface area contributed by atoms with Gasteiger partial charge in [-0.15, -0.1) is 0 Å². The largest absolute Gasteiger partial charge is 0.496 e. The SMILES string of the molecule is COc1cc2c(OC)cc1CS(=O)(=O)Cc1cc(OC)c(cc1OC)CS(=O)(=O)Cc1cc(OC)c(cc1OC)CS(=O)(=O)C2. The van der Waals surface area contributed by atoms with Crippen molar-refractivity contribution in [1.29, 1.82) is 0 Å². The fourth-order valence-electron chi connectivity index (χ4n) is 5.32. The Bertz CT molecular complexity index is 1570. The number of rotatable bonds is 6. The van der Waals surface area contributed by atoms with E-state index in [0.29, 0.717) is 0 Å². The monoisotopic (exact) mass is 684 g/mol. The Hall–Kier alpha value is -3.69. The van der Waals surface area contributed by atoms with Gasteiger partial charge in [0.2, 0.25) is 0 Å². The van der Waals surface area contributed by atoms with Crippen LogP contribution in [0.15, 0.2) is 36.4 Å². The van der Waals surface area contributed by atoms with E-state index in [9.17, 15) is 25.3 Å². The molecule has 12 nitrogen and oxygen atoms in total. The highest BCUT2D eigenvalue weighted by molar-refractivity contribution is 7.90. The van der Waals surface area contributed by atoms with Crippen LogP contribution in [0.5, 0.6) is 34.5 Å². The number of ether oxygens (including phenoxy) is 6. The van der Waals surface area contributed by atoms with E-state index < -0.39 is 64.0 Å². The Kier molecular flexibility index (Phi) is 10.1. The third-order valence-electron chi connectivity index (χ3n) is 7.30. The molecule has 3 aromatic rings. The van der Waals surface area contributed by atoms with Crippen molar-refractivity contribution in [3.63, 3.8) is 0 Å². The third kappa shape index (κ3) is 7.94. The van der Waals surface area contributed by atoms with Crippen molar-refractivity contribution in [3.05, 3.63) is 69.8 Å². The summed E-state index contributed by atoms with van der Waals surface area (Å²) in [6.45, 7) is 0. The van der Waals surface area contributed by atoms with Gasteiger partial charge in [-0.25, -0.2) is 25.3 Å². The van der Waals surface area contributed by atoms with Gasteiger partial charge in [0.15, 0.2) is 29.5 Å². The molecule has 0 unspecified atom stereocenters. The van der Waals surface area contributed by atoms with Gasteiger partial charge in [-0.1, -0.05) is 0 Å². The summed E-state index contributed by atoms with van der Waals surface area (Å²) in [6, 6.07) is 8.71. The van der Waals surface area contributed by atoms with E-state index in [1.807, 2.05) is 0 Å². The van der Waals surface area contributed by atoms with Crippen LogP contribution in [0.2, 0.25) is 0 Å². The van der Waals surface area contributed by atoms with Gasteiger partial charge < -0.3 is 28.4 Å². The molecule has 0 fully saturated rings. The number of methoxy groups -OCH3 is 6. The summed E-state index contributed by atoms with van der Waals surface area (Å²) in [5.74, 6) is -1.78. The third-order valence-corrected chi connectivity index (χ3v) is 11.8. The van der Waals surface area contributed by atoms with Gasteiger partial charge in [0.1, 0.15) is 34.5 Å². The predicted octanol–water partition coefficient (Wildman–Crippen LogP) is 3.40. The fraction of sp³-hybridized carbons (Fsp3) is 0.400. The second kappa shape index (κ2) is 13.3. The second-order valence-corrected chi connectivity index (χ2v) is 16.7. The maximum absolute atomic E-state index is 13.5. The molecule has 9 rings (SSSR count). The first kappa shape index (κ1) is 34.2. The summed E-state index contributed by atoms with van der Waals surface area (Å²) in [4.78, 5) is 0. The minimum atomic E-state index is -3.89. The molecule has 246 valence electrons. The van der Waals surface area contributed by atoms with Crippen molar-refractivity contribution in [2.45, 2.75) is 34.5 Å². The molecular formula is C30H36O12S3. The normalized spacial score (nSPS) is 17.2. The standard InChI is InChI=1S/C30H36O12S3/c1-37-25-7-20-14-44(33,34)16-22-10-30(42-6)24(12-29(22)41-5)18-45(35,36)17-23-11-27(39-3)21(9-28(23)40-4)15-43(31,32)13-19(25)8-26(20)38-2/h7-12H,13-18H2,1-6H3. The van der Waals surface area contributed by atoms with Crippen LogP contribution in [0.3, 0.4) is 0 Å². The molecule has 6 aliphatic heterocycles. The first-order valence-corrected chi connectivity index (χ1v) is 19.0. The van der Waals surface area contributed by atoms with Crippen LogP contribution in [0, 0.1) is 0 Å². The van der Waals surface area contributed by atoms with Crippen molar-refractivity contribution in [2.75, 3.05) is 42.7 Å².